The second-order valence-electron chi connectivity index (χ2n) is 4.76. The van der Waals surface area contributed by atoms with Crippen molar-refractivity contribution in [1.29, 1.82) is 0 Å². The minimum absolute atomic E-state index is 0.378. The molecule has 3 amide bonds. The van der Waals surface area contributed by atoms with Crippen LogP contribution >= 0.6 is 0 Å². The summed E-state index contributed by atoms with van der Waals surface area (Å²) in [4.78, 5) is 35.7. The van der Waals surface area contributed by atoms with Gasteiger partial charge in [0.05, 0.1) is 0 Å². The van der Waals surface area contributed by atoms with Crippen LogP contribution in [0, 0.1) is 0 Å². The van der Waals surface area contributed by atoms with E-state index in [1.54, 1.807) is 0 Å². The fourth-order valence-corrected chi connectivity index (χ4v) is 2.60. The number of carbonyl (C=O) groups is 3. The topological polar surface area (TPSA) is 86.7 Å². The molecule has 1 spiro atoms. The Bertz CT molecular complexity index is 374. The first-order chi connectivity index (χ1) is 7.98. The number of aliphatic carboxylic acids is 1. The molecule has 0 bridgehead atoms. The van der Waals surface area contributed by atoms with E-state index in [0.717, 1.165) is 24.2 Å². The number of nitrogens with zero attached hydrogens (tertiary/aromatic N) is 1. The van der Waals surface area contributed by atoms with Crippen LogP contribution in [0.5, 0.6) is 0 Å². The highest BCUT2D eigenvalue weighted by Crippen LogP contribution is 2.34. The van der Waals surface area contributed by atoms with E-state index in [0.29, 0.717) is 12.8 Å². The van der Waals surface area contributed by atoms with Crippen LogP contribution in [-0.2, 0) is 9.59 Å². The summed E-state index contributed by atoms with van der Waals surface area (Å²) < 4.78 is 0. The van der Waals surface area contributed by atoms with Crippen LogP contribution in [0.15, 0.2) is 0 Å². The van der Waals surface area contributed by atoms with Gasteiger partial charge in [0.2, 0.25) is 0 Å². The number of amides is 3. The third-order valence-electron chi connectivity index (χ3n) is 3.64. The lowest BCUT2D eigenvalue weighted by atomic mass is 9.81. The summed E-state index contributed by atoms with van der Waals surface area (Å²) >= 11 is 0. The Morgan fingerprint density at radius 2 is 1.94 bits per heavy atom. The Labute approximate surface area is 99.0 Å². The summed E-state index contributed by atoms with van der Waals surface area (Å²) in [6.45, 7) is 1.35. The van der Waals surface area contributed by atoms with Crippen molar-refractivity contribution in [1.82, 2.24) is 10.2 Å². The first kappa shape index (κ1) is 11.9. The number of urea groups is 1. The molecule has 1 aliphatic carbocycles. The molecule has 94 valence electrons. The SMILES string of the molecule is CC(C(=O)O)N1C(=O)NC2(CCCCC2)C1=O. The number of carboxylic acid groups (broad SMARTS) is 1. The summed E-state index contributed by atoms with van der Waals surface area (Å²) in [5.41, 5.74) is -0.834. The molecule has 6 heteroatoms. The maximum Gasteiger partial charge on any atom is 0.326 e. The maximum absolute atomic E-state index is 12.2. The van der Waals surface area contributed by atoms with Gasteiger partial charge in [-0.3, -0.25) is 4.79 Å². The fraction of sp³-hybridized carbons (Fsp3) is 0.727. The molecule has 1 unspecified atom stereocenters. The predicted octanol–water partition coefficient (Wildman–Crippen LogP) is 0.714. The van der Waals surface area contributed by atoms with Crippen molar-refractivity contribution in [3.05, 3.63) is 0 Å². The fourth-order valence-electron chi connectivity index (χ4n) is 2.60. The summed E-state index contributed by atoms with van der Waals surface area (Å²) in [5, 5.41) is 11.6. The van der Waals surface area contributed by atoms with Crippen LogP contribution in [0.1, 0.15) is 39.0 Å². The van der Waals surface area contributed by atoms with Gasteiger partial charge in [-0.1, -0.05) is 19.3 Å². The Hall–Kier alpha value is -1.59. The van der Waals surface area contributed by atoms with E-state index < -0.39 is 23.6 Å². The molecule has 1 atom stereocenters. The van der Waals surface area contributed by atoms with Crippen molar-refractivity contribution < 1.29 is 19.5 Å². The van der Waals surface area contributed by atoms with E-state index in [4.69, 9.17) is 5.11 Å². The van der Waals surface area contributed by atoms with E-state index in [2.05, 4.69) is 5.32 Å². The normalized spacial score (nSPS) is 24.9. The summed E-state index contributed by atoms with van der Waals surface area (Å²) in [7, 11) is 0. The number of hydrogen-bond donors (Lipinski definition) is 2. The molecular weight excluding hydrogens is 224 g/mol. The second kappa shape index (κ2) is 4.01. The lowest BCUT2D eigenvalue weighted by molar-refractivity contribution is -0.147. The van der Waals surface area contributed by atoms with E-state index in [-0.39, 0.29) is 5.91 Å². The highest BCUT2D eigenvalue weighted by atomic mass is 16.4. The molecule has 2 N–H and O–H groups in total. The summed E-state index contributed by atoms with van der Waals surface area (Å²) in [6, 6.07) is -1.68. The quantitative estimate of drug-likeness (QED) is 0.696. The van der Waals surface area contributed by atoms with Crippen molar-refractivity contribution >= 4 is 17.9 Å². The highest BCUT2D eigenvalue weighted by Gasteiger charge is 2.53. The van der Waals surface area contributed by atoms with Crippen LogP contribution in [0.4, 0.5) is 4.79 Å². The molecule has 2 rings (SSSR count). The second-order valence-corrected chi connectivity index (χ2v) is 4.76. The van der Waals surface area contributed by atoms with Gasteiger partial charge in [-0.2, -0.15) is 0 Å². The first-order valence-electron chi connectivity index (χ1n) is 5.86. The lowest BCUT2D eigenvalue weighted by Gasteiger charge is -2.30. The van der Waals surface area contributed by atoms with Crippen LogP contribution in [0.2, 0.25) is 0 Å². The molecule has 2 aliphatic rings. The molecule has 17 heavy (non-hydrogen) atoms. The first-order valence-corrected chi connectivity index (χ1v) is 5.86. The molecule has 6 nitrogen and oxygen atoms in total. The maximum atomic E-state index is 12.2. The van der Waals surface area contributed by atoms with Gasteiger partial charge in [0.1, 0.15) is 11.6 Å². The zero-order valence-corrected chi connectivity index (χ0v) is 9.73. The van der Waals surface area contributed by atoms with Gasteiger partial charge in [0, 0.05) is 0 Å². The van der Waals surface area contributed by atoms with Gasteiger partial charge >= 0.3 is 12.0 Å². The molecule has 1 heterocycles. The zero-order chi connectivity index (χ0) is 12.6. The monoisotopic (exact) mass is 240 g/mol. The standard InChI is InChI=1S/C11H16N2O4/c1-7(8(14)15)13-9(16)11(12-10(13)17)5-3-2-4-6-11/h7H,2-6H2,1H3,(H,12,17)(H,14,15). The molecule has 0 aromatic heterocycles. The Balaban J connectivity index is 2.24. The number of rotatable bonds is 2. The average Bonchev–Trinajstić information content (AvgIpc) is 2.51. The van der Waals surface area contributed by atoms with Crippen molar-refractivity contribution in [2.45, 2.75) is 50.6 Å². The summed E-state index contributed by atoms with van der Waals surface area (Å²) in [6.07, 6.45) is 4.06. The predicted molar refractivity (Wildman–Crippen MR) is 58.3 cm³/mol. The minimum atomic E-state index is -1.17. The smallest absolute Gasteiger partial charge is 0.326 e. The number of carboxylic acids is 1. The van der Waals surface area contributed by atoms with Crippen molar-refractivity contribution in [3.8, 4) is 0 Å². The average molecular weight is 240 g/mol. The Morgan fingerprint density at radius 3 is 2.47 bits per heavy atom. The Kier molecular flexibility index (Phi) is 2.81. The molecule has 0 radical (unpaired) electrons. The van der Waals surface area contributed by atoms with Gasteiger partial charge in [0.15, 0.2) is 0 Å². The minimum Gasteiger partial charge on any atom is -0.480 e. The number of carbonyl (C=O) groups excluding carboxylic acids is 2. The van der Waals surface area contributed by atoms with Crippen molar-refractivity contribution in [2.24, 2.45) is 0 Å². The molecule has 1 saturated heterocycles. The van der Waals surface area contributed by atoms with Gasteiger partial charge < -0.3 is 10.4 Å². The van der Waals surface area contributed by atoms with Crippen LogP contribution < -0.4 is 5.32 Å². The molecule has 2 fully saturated rings. The Morgan fingerprint density at radius 1 is 1.35 bits per heavy atom. The van der Waals surface area contributed by atoms with E-state index in [1.807, 2.05) is 0 Å². The number of hydrogen-bond acceptors (Lipinski definition) is 3. The molecule has 1 saturated carbocycles. The zero-order valence-electron chi connectivity index (χ0n) is 9.73. The van der Waals surface area contributed by atoms with Crippen LogP contribution in [-0.4, -0.2) is 39.5 Å². The highest BCUT2D eigenvalue weighted by molar-refractivity contribution is 6.09. The van der Waals surface area contributed by atoms with E-state index >= 15 is 0 Å². The third kappa shape index (κ3) is 1.77. The van der Waals surface area contributed by atoms with Crippen LogP contribution in [0.3, 0.4) is 0 Å². The van der Waals surface area contributed by atoms with Crippen LogP contribution in [0.25, 0.3) is 0 Å². The molecule has 0 aromatic carbocycles. The largest absolute Gasteiger partial charge is 0.480 e. The van der Waals surface area contributed by atoms with Gasteiger partial charge in [-0.25, -0.2) is 14.5 Å². The van der Waals surface area contributed by atoms with E-state index in [9.17, 15) is 14.4 Å². The lowest BCUT2D eigenvalue weighted by Crippen LogP contribution is -2.49. The van der Waals surface area contributed by atoms with Crippen molar-refractivity contribution in [3.63, 3.8) is 0 Å². The van der Waals surface area contributed by atoms with Gasteiger partial charge in [0.25, 0.3) is 5.91 Å². The number of imide groups is 1. The number of nitrogens with one attached hydrogen (secondary N) is 1. The third-order valence-corrected chi connectivity index (χ3v) is 3.64. The van der Waals surface area contributed by atoms with Gasteiger partial charge in [-0.15, -0.1) is 0 Å². The molecule has 0 aromatic rings. The summed E-state index contributed by atoms with van der Waals surface area (Å²) in [5.74, 6) is -1.54. The van der Waals surface area contributed by atoms with Crippen molar-refractivity contribution in [2.75, 3.05) is 0 Å². The van der Waals surface area contributed by atoms with E-state index in [1.165, 1.54) is 6.92 Å². The molecule has 1 aliphatic heterocycles. The van der Waals surface area contributed by atoms with Gasteiger partial charge in [-0.05, 0) is 19.8 Å². The molecular formula is C11H16N2O4.